The number of amides is 16. The second kappa shape index (κ2) is 49.6. The van der Waals surface area contributed by atoms with E-state index in [0.29, 0.717) is 36.9 Å². The Morgan fingerprint density at radius 3 is 1.45 bits per heavy atom. The van der Waals surface area contributed by atoms with Crippen LogP contribution in [0.2, 0.25) is 0 Å². The summed E-state index contributed by atoms with van der Waals surface area (Å²) in [5.41, 5.74) is 18.4. The molecule has 37 heteroatoms. The average Bonchev–Trinajstić information content (AvgIpc) is 1.61. The van der Waals surface area contributed by atoms with E-state index in [1.54, 1.807) is 113 Å². The number of aliphatic carboxylic acids is 1. The molecule has 1 heterocycles. The van der Waals surface area contributed by atoms with Crippen molar-refractivity contribution in [3.63, 3.8) is 0 Å². The number of phenolic OH excluding ortho intramolecular Hbond substituents is 1. The topological polar surface area (TPSA) is 580 Å². The molecule has 2 aromatic rings. The van der Waals surface area contributed by atoms with Gasteiger partial charge in [-0.05, 0) is 117 Å². The molecule has 2 aromatic carbocycles. The van der Waals surface area contributed by atoms with Gasteiger partial charge in [0.05, 0.1) is 38.8 Å². The number of aromatic hydroxyl groups is 1. The van der Waals surface area contributed by atoms with E-state index in [1.165, 1.54) is 29.2 Å². The summed E-state index contributed by atoms with van der Waals surface area (Å²) in [4.78, 5) is 230. The number of carboxylic acid groups (broad SMARTS) is 1. The SMILES string of the molecule is CC[C@H](C)[C@H](NC(=O)[C@H](CCC(N)=O)NC(=O)CNC(=O)CNC(=O)CNC(=O)[C@@H]1CCCN1C(=O)[C@H](Cc1ccccc1)NC(=O)[C@H](CCCCN)NC(=O)[C@@H](N)C(C)C)C(=O)N[C@H](C(=O)NCC(=O)NCC(=O)N[C@H](C(=O)N[C@@H](Cc1ccc(O)cc1)C(=O)N[C@@H](CC(C)C)C(=O)N[C@@H](CC(C)C)C(=O)O)C(C)C)C(C)C. The van der Waals surface area contributed by atoms with Crippen molar-refractivity contribution in [2.45, 2.75) is 227 Å². The zero-order valence-electron chi connectivity index (χ0n) is 67.5. The number of carbonyl (C=O) groups excluding carboxylic acids is 16. The number of benzene rings is 2. The Bertz CT molecular complexity index is 3600. The van der Waals surface area contributed by atoms with Crippen LogP contribution in [0, 0.1) is 35.5 Å². The molecule has 1 aliphatic heterocycles. The first kappa shape index (κ1) is 97.3. The normalized spacial score (nSPS) is 15.5. The number of primary amides is 1. The molecule has 0 aromatic heterocycles. The van der Waals surface area contributed by atoms with Crippen LogP contribution in [0.1, 0.15) is 158 Å². The van der Waals surface area contributed by atoms with Crippen LogP contribution in [0.5, 0.6) is 5.75 Å². The number of nitrogens with zero attached hydrogens (tertiary/aromatic N) is 1. The summed E-state index contributed by atoms with van der Waals surface area (Å²) in [6.07, 6.45) is 1.44. The number of unbranched alkanes of at least 4 members (excludes halogenated alkanes) is 1. The second-order valence-electron chi connectivity index (χ2n) is 30.5. The van der Waals surface area contributed by atoms with Crippen molar-refractivity contribution in [3.8, 4) is 5.75 Å². The first-order valence-electron chi connectivity index (χ1n) is 38.8. The molecular weight excluding hydrogens is 1480 g/mol. The van der Waals surface area contributed by atoms with Gasteiger partial charge in [0.2, 0.25) is 94.5 Å². The molecule has 1 aliphatic rings. The molecule has 0 spiro atoms. The van der Waals surface area contributed by atoms with Gasteiger partial charge in [-0.15, -0.1) is 0 Å². The van der Waals surface area contributed by atoms with Gasteiger partial charge >= 0.3 is 5.97 Å². The highest BCUT2D eigenvalue weighted by molar-refractivity contribution is 6.00. The summed E-state index contributed by atoms with van der Waals surface area (Å²) >= 11 is 0. The average molecular weight is 1600 g/mol. The van der Waals surface area contributed by atoms with Crippen molar-refractivity contribution < 1.29 is 91.7 Å². The standard InChI is InChI=1S/C77H122N18O19/c1-13-46(12)66(75(111)93-64(44(8)9)73(109)85-38-60(100)83-40-62(102)92-65(45(10)11)74(110)89-53(34-48-24-26-49(96)27-25-48)70(106)88-52(32-41(2)3)69(105)91-55(77(113)114)33-42(4)5)94-68(104)51(28-29-57(79)97)86-61(101)39-82-58(98)36-81-59(99)37-84-71(107)56-23-19-31-95(56)76(112)54(35-47-20-15-14-16-21-47)90-67(103)50(22-17-18-30-78)87-72(108)63(80)43(6)7/h14-16,20-21,24-27,41-46,50-56,63-66,96H,13,17-19,22-23,28-40,78,80H2,1-12H3,(H2,79,97)(H,81,99)(H,82,98)(H,83,100)(H,84,107)(H,85,109)(H,86,101)(H,87,108)(H,88,106)(H,89,110)(H,90,103)(H,91,105)(H,92,102)(H,93,111)(H,94,104)(H,113,114)/t46-,50-,51-,52-,53-,54-,55-,56-,63-,64-,65-,66-/m0/s1. The molecule has 0 radical (unpaired) electrons. The first-order chi connectivity index (χ1) is 53.7. The van der Waals surface area contributed by atoms with Crippen LogP contribution in [0.25, 0.3) is 0 Å². The lowest BCUT2D eigenvalue weighted by Crippen LogP contribution is -2.60. The van der Waals surface area contributed by atoms with Gasteiger partial charge in [-0.3, -0.25) is 76.7 Å². The fourth-order valence-electron chi connectivity index (χ4n) is 12.0. The molecule has 634 valence electrons. The Morgan fingerprint density at radius 2 is 0.904 bits per heavy atom. The van der Waals surface area contributed by atoms with Crippen molar-refractivity contribution in [2.75, 3.05) is 45.8 Å². The predicted octanol–water partition coefficient (Wildman–Crippen LogP) is -2.97. The van der Waals surface area contributed by atoms with Gasteiger partial charge in [0, 0.05) is 25.8 Å². The fraction of sp³-hybridized carbons (Fsp3) is 0.623. The minimum atomic E-state index is -1.53. The van der Waals surface area contributed by atoms with Gasteiger partial charge in [-0.25, -0.2) is 4.79 Å². The number of hydrogen-bond donors (Lipinski definition) is 19. The third kappa shape index (κ3) is 35.0. The number of nitrogens with two attached hydrogens (primary N) is 3. The Balaban J connectivity index is 1.61. The van der Waals surface area contributed by atoms with Gasteiger partial charge < -0.3 is 107 Å². The van der Waals surface area contributed by atoms with E-state index in [2.05, 4.69) is 74.4 Å². The van der Waals surface area contributed by atoms with Crippen molar-refractivity contribution in [1.29, 1.82) is 0 Å². The maximum Gasteiger partial charge on any atom is 0.326 e. The van der Waals surface area contributed by atoms with Crippen molar-refractivity contribution in [3.05, 3.63) is 65.7 Å². The Hall–Kier alpha value is -10.9. The highest BCUT2D eigenvalue weighted by Crippen LogP contribution is 2.22. The fourth-order valence-corrected chi connectivity index (χ4v) is 12.0. The van der Waals surface area contributed by atoms with Crippen molar-refractivity contribution >= 4 is 100 Å². The van der Waals surface area contributed by atoms with Gasteiger partial charge in [0.1, 0.15) is 66.2 Å². The van der Waals surface area contributed by atoms with Gasteiger partial charge in [0.25, 0.3) is 0 Å². The molecule has 0 unspecified atom stereocenters. The molecule has 0 saturated carbocycles. The molecule has 12 atom stereocenters. The zero-order chi connectivity index (χ0) is 85.6. The third-order valence-corrected chi connectivity index (χ3v) is 18.8. The summed E-state index contributed by atoms with van der Waals surface area (Å²) in [6, 6.07) is 0.997. The highest BCUT2D eigenvalue weighted by atomic mass is 16.4. The number of likely N-dealkylation sites (tertiary alicyclic amines) is 1. The van der Waals surface area contributed by atoms with Gasteiger partial charge in [0.15, 0.2) is 0 Å². The van der Waals surface area contributed by atoms with E-state index < -0.39 is 224 Å². The number of hydrogen-bond acceptors (Lipinski definition) is 20. The van der Waals surface area contributed by atoms with Crippen LogP contribution in [-0.4, -0.2) is 228 Å². The molecule has 3 rings (SSSR count). The van der Waals surface area contributed by atoms with Crippen molar-refractivity contribution in [2.24, 2.45) is 52.7 Å². The Labute approximate surface area is 665 Å². The quantitative estimate of drug-likeness (QED) is 0.0294. The summed E-state index contributed by atoms with van der Waals surface area (Å²) < 4.78 is 0. The molecule has 1 fully saturated rings. The van der Waals surface area contributed by atoms with E-state index >= 15 is 0 Å². The van der Waals surface area contributed by atoms with Crippen LogP contribution in [-0.2, 0) is 94.3 Å². The number of carbonyl (C=O) groups is 17. The monoisotopic (exact) mass is 1600 g/mol. The summed E-state index contributed by atoms with van der Waals surface area (Å²) in [6.45, 7) is 17.3. The largest absolute Gasteiger partial charge is 0.508 e. The van der Waals surface area contributed by atoms with Gasteiger partial charge in [-0.1, -0.05) is 132 Å². The van der Waals surface area contributed by atoms with E-state index in [-0.39, 0.29) is 81.4 Å². The molecule has 37 nitrogen and oxygen atoms in total. The number of phenols is 1. The number of rotatable bonds is 50. The Kier molecular flexibility index (Phi) is 42.4. The lowest BCUT2D eigenvalue weighted by Gasteiger charge is -2.30. The van der Waals surface area contributed by atoms with Crippen LogP contribution in [0.3, 0.4) is 0 Å². The zero-order valence-corrected chi connectivity index (χ0v) is 67.5. The highest BCUT2D eigenvalue weighted by Gasteiger charge is 2.41. The summed E-state index contributed by atoms with van der Waals surface area (Å²) in [5.74, 6) is -16.5. The molecule has 0 bridgehead atoms. The summed E-state index contributed by atoms with van der Waals surface area (Å²) in [5, 5.41) is 55.1. The molecular formula is C77H122N18O19. The predicted molar refractivity (Wildman–Crippen MR) is 419 cm³/mol. The molecule has 22 N–H and O–H groups in total. The number of nitrogens with one attached hydrogen (secondary N) is 14. The van der Waals surface area contributed by atoms with E-state index in [9.17, 15) is 91.7 Å². The maximum atomic E-state index is 14.4. The van der Waals surface area contributed by atoms with Crippen LogP contribution < -0.4 is 91.6 Å². The van der Waals surface area contributed by atoms with Gasteiger partial charge in [-0.2, -0.15) is 0 Å². The summed E-state index contributed by atoms with van der Waals surface area (Å²) in [7, 11) is 0. The van der Waals surface area contributed by atoms with Crippen molar-refractivity contribution in [1.82, 2.24) is 79.3 Å². The van der Waals surface area contributed by atoms with E-state index in [0.717, 1.165) is 0 Å². The number of carboxylic acids is 1. The van der Waals surface area contributed by atoms with E-state index in [4.69, 9.17) is 17.2 Å². The van der Waals surface area contributed by atoms with E-state index in [1.807, 2.05) is 0 Å². The first-order valence-corrected chi connectivity index (χ1v) is 38.8. The smallest absolute Gasteiger partial charge is 0.326 e. The lowest BCUT2D eigenvalue weighted by molar-refractivity contribution is -0.143. The second-order valence-corrected chi connectivity index (χ2v) is 30.5. The minimum absolute atomic E-state index is 0.0319. The lowest BCUT2D eigenvalue weighted by atomic mass is 9.96. The minimum Gasteiger partial charge on any atom is -0.508 e. The molecule has 0 aliphatic carbocycles. The van der Waals surface area contributed by atoms with Crippen LogP contribution in [0.15, 0.2) is 54.6 Å². The molecule has 114 heavy (non-hydrogen) atoms. The van der Waals surface area contributed by atoms with Crippen LogP contribution in [0.4, 0.5) is 0 Å². The maximum absolute atomic E-state index is 14.4. The third-order valence-electron chi connectivity index (χ3n) is 18.8. The molecule has 16 amide bonds. The Morgan fingerprint density at radius 1 is 0.456 bits per heavy atom. The molecule has 1 saturated heterocycles. The van der Waals surface area contributed by atoms with Crippen LogP contribution >= 0.6 is 0 Å².